The number of para-hydroxylation sites is 1. The van der Waals surface area contributed by atoms with Crippen molar-refractivity contribution in [2.75, 3.05) is 0 Å². The predicted octanol–water partition coefficient (Wildman–Crippen LogP) is 5.49. The van der Waals surface area contributed by atoms with Gasteiger partial charge in [0.25, 0.3) is 0 Å². The van der Waals surface area contributed by atoms with Gasteiger partial charge in [0.1, 0.15) is 0 Å². The molecule has 5 heteroatoms. The van der Waals surface area contributed by atoms with Gasteiger partial charge in [0.2, 0.25) is 4.80 Å². The minimum Gasteiger partial charge on any atom is -0.246 e. The second kappa shape index (κ2) is 7.05. The highest BCUT2D eigenvalue weighted by atomic mass is 35.5. The highest BCUT2D eigenvalue weighted by Gasteiger charge is 2.10. The number of halogens is 1. The maximum absolute atomic E-state index is 6.03. The summed E-state index contributed by atoms with van der Waals surface area (Å²) in [7, 11) is 0. The molecular formula is C20H14ClN3S. The zero-order chi connectivity index (χ0) is 17.1. The molecule has 25 heavy (non-hydrogen) atoms. The minimum atomic E-state index is 0.708. The number of aromatic nitrogens is 2. The SMILES string of the molecule is Clc1ccc(-n2sc(=Nc3ccccc3)nc2-c2ccccc2)cc1. The van der Waals surface area contributed by atoms with Crippen molar-refractivity contribution in [1.29, 1.82) is 0 Å². The molecule has 0 aliphatic heterocycles. The first kappa shape index (κ1) is 15.8. The van der Waals surface area contributed by atoms with Crippen LogP contribution >= 0.6 is 23.1 Å². The van der Waals surface area contributed by atoms with E-state index in [-0.39, 0.29) is 0 Å². The molecule has 0 saturated carbocycles. The lowest BCUT2D eigenvalue weighted by Gasteiger charge is -2.06. The molecule has 3 nitrogen and oxygen atoms in total. The predicted molar refractivity (Wildman–Crippen MR) is 104 cm³/mol. The van der Waals surface area contributed by atoms with E-state index in [9.17, 15) is 0 Å². The Morgan fingerprint density at radius 2 is 1.44 bits per heavy atom. The van der Waals surface area contributed by atoms with Gasteiger partial charge >= 0.3 is 0 Å². The summed E-state index contributed by atoms with van der Waals surface area (Å²) in [5, 5.41) is 0.712. The van der Waals surface area contributed by atoms with Crippen LogP contribution in [0.3, 0.4) is 0 Å². The van der Waals surface area contributed by atoms with Gasteiger partial charge in [-0.2, -0.15) is 4.98 Å². The third-order valence-electron chi connectivity index (χ3n) is 3.64. The van der Waals surface area contributed by atoms with Crippen molar-refractivity contribution < 1.29 is 0 Å². The van der Waals surface area contributed by atoms with Gasteiger partial charge in [-0.1, -0.05) is 60.1 Å². The zero-order valence-corrected chi connectivity index (χ0v) is 14.8. The molecule has 0 fully saturated rings. The monoisotopic (exact) mass is 363 g/mol. The van der Waals surface area contributed by atoms with Gasteiger partial charge in [-0.15, -0.1) is 0 Å². The molecule has 0 unspecified atom stereocenters. The molecular weight excluding hydrogens is 350 g/mol. The van der Waals surface area contributed by atoms with Gasteiger partial charge in [-0.3, -0.25) is 0 Å². The fourth-order valence-electron chi connectivity index (χ4n) is 2.46. The molecule has 1 aromatic heterocycles. The highest BCUT2D eigenvalue weighted by molar-refractivity contribution is 7.04. The molecule has 0 saturated heterocycles. The van der Waals surface area contributed by atoms with E-state index in [2.05, 4.69) is 8.95 Å². The van der Waals surface area contributed by atoms with E-state index in [1.807, 2.05) is 84.9 Å². The van der Waals surface area contributed by atoms with Crippen LogP contribution in [0.1, 0.15) is 0 Å². The maximum Gasteiger partial charge on any atom is 0.228 e. The lowest BCUT2D eigenvalue weighted by molar-refractivity contribution is 1.12. The van der Waals surface area contributed by atoms with E-state index in [0.29, 0.717) is 9.82 Å². The lowest BCUT2D eigenvalue weighted by atomic mass is 10.2. The van der Waals surface area contributed by atoms with Crippen molar-refractivity contribution >= 4 is 28.8 Å². The van der Waals surface area contributed by atoms with Crippen LogP contribution in [0.25, 0.3) is 17.1 Å². The maximum atomic E-state index is 6.03. The van der Waals surface area contributed by atoms with Crippen molar-refractivity contribution in [2.45, 2.75) is 0 Å². The van der Waals surface area contributed by atoms with Crippen LogP contribution in [0.4, 0.5) is 5.69 Å². The van der Waals surface area contributed by atoms with Gasteiger partial charge < -0.3 is 0 Å². The molecule has 0 aliphatic carbocycles. The molecule has 4 aromatic rings. The van der Waals surface area contributed by atoms with Crippen LogP contribution in [-0.2, 0) is 0 Å². The van der Waals surface area contributed by atoms with E-state index in [1.165, 1.54) is 11.5 Å². The summed E-state index contributed by atoms with van der Waals surface area (Å²) >= 11 is 7.53. The molecule has 0 N–H and O–H groups in total. The third kappa shape index (κ3) is 3.55. The van der Waals surface area contributed by atoms with Crippen molar-refractivity contribution in [3.05, 3.63) is 94.8 Å². The largest absolute Gasteiger partial charge is 0.246 e. The van der Waals surface area contributed by atoms with Gasteiger partial charge in [-0.25, -0.2) is 8.95 Å². The summed E-state index contributed by atoms with van der Waals surface area (Å²) in [6, 6.07) is 27.7. The molecule has 4 rings (SSSR count). The van der Waals surface area contributed by atoms with Crippen molar-refractivity contribution in [3.8, 4) is 17.1 Å². The van der Waals surface area contributed by atoms with Crippen LogP contribution in [0.15, 0.2) is 89.9 Å². The fourth-order valence-corrected chi connectivity index (χ4v) is 3.48. The number of benzene rings is 3. The smallest absolute Gasteiger partial charge is 0.228 e. The van der Waals surface area contributed by atoms with Gasteiger partial charge in [0.15, 0.2) is 5.82 Å². The van der Waals surface area contributed by atoms with Crippen molar-refractivity contribution in [2.24, 2.45) is 4.99 Å². The Bertz CT molecular complexity index is 1040. The summed E-state index contributed by atoms with van der Waals surface area (Å²) in [5.41, 5.74) is 2.94. The van der Waals surface area contributed by atoms with E-state index in [0.717, 1.165) is 22.8 Å². The Morgan fingerprint density at radius 1 is 0.800 bits per heavy atom. The van der Waals surface area contributed by atoms with Gasteiger partial charge in [0.05, 0.1) is 11.4 Å². The second-order valence-corrected chi connectivity index (χ2v) is 6.74. The van der Waals surface area contributed by atoms with Gasteiger partial charge in [0, 0.05) is 10.6 Å². The minimum absolute atomic E-state index is 0.708. The van der Waals surface area contributed by atoms with Crippen LogP contribution in [0.2, 0.25) is 5.02 Å². The first-order valence-corrected chi connectivity index (χ1v) is 8.96. The van der Waals surface area contributed by atoms with E-state index < -0.39 is 0 Å². The summed E-state index contributed by atoms with van der Waals surface area (Å²) in [4.78, 5) is 10.1. The van der Waals surface area contributed by atoms with Crippen LogP contribution < -0.4 is 4.80 Å². The highest BCUT2D eigenvalue weighted by Crippen LogP contribution is 2.23. The Balaban J connectivity index is 1.89. The zero-order valence-electron chi connectivity index (χ0n) is 13.2. The average molecular weight is 364 g/mol. The molecule has 122 valence electrons. The van der Waals surface area contributed by atoms with Crippen LogP contribution in [0, 0.1) is 0 Å². The fraction of sp³-hybridized carbons (Fsp3) is 0. The quantitative estimate of drug-likeness (QED) is 0.473. The van der Waals surface area contributed by atoms with Crippen molar-refractivity contribution in [3.63, 3.8) is 0 Å². The molecule has 1 heterocycles. The Hall–Kier alpha value is -2.69. The Labute approximate surface area is 154 Å². The van der Waals surface area contributed by atoms with Crippen LogP contribution in [-0.4, -0.2) is 8.94 Å². The Morgan fingerprint density at radius 3 is 2.12 bits per heavy atom. The average Bonchev–Trinajstić information content (AvgIpc) is 3.08. The number of rotatable bonds is 3. The molecule has 0 radical (unpaired) electrons. The van der Waals surface area contributed by atoms with Gasteiger partial charge in [-0.05, 0) is 47.9 Å². The number of nitrogens with zero attached hydrogens (tertiary/aromatic N) is 3. The molecule has 0 atom stereocenters. The summed E-state index contributed by atoms with van der Waals surface area (Å²) < 4.78 is 2.08. The first-order valence-electron chi connectivity index (χ1n) is 7.81. The topological polar surface area (TPSA) is 30.2 Å². The number of hydrogen-bond donors (Lipinski definition) is 0. The Kier molecular flexibility index (Phi) is 4.46. The van der Waals surface area contributed by atoms with Crippen molar-refractivity contribution in [1.82, 2.24) is 8.94 Å². The van der Waals surface area contributed by atoms with E-state index in [1.54, 1.807) is 0 Å². The summed E-state index contributed by atoms with van der Waals surface area (Å²) in [6.45, 7) is 0. The first-order chi connectivity index (χ1) is 12.3. The lowest BCUT2D eigenvalue weighted by Crippen LogP contribution is -1.96. The third-order valence-corrected chi connectivity index (χ3v) is 4.81. The van der Waals surface area contributed by atoms with E-state index in [4.69, 9.17) is 16.6 Å². The van der Waals surface area contributed by atoms with E-state index >= 15 is 0 Å². The molecule has 3 aromatic carbocycles. The second-order valence-electron chi connectivity index (χ2n) is 5.39. The van der Waals surface area contributed by atoms with Crippen LogP contribution in [0.5, 0.6) is 0 Å². The standard InChI is InChI=1S/C20H14ClN3S/c21-16-11-13-18(14-12-16)24-19(15-7-3-1-4-8-15)23-20(25-24)22-17-9-5-2-6-10-17/h1-14H. The summed E-state index contributed by atoms with van der Waals surface area (Å²) in [5.74, 6) is 0.864. The molecule has 0 amide bonds. The molecule has 0 aliphatic rings. The normalized spacial score (nSPS) is 11.6. The summed E-state index contributed by atoms with van der Waals surface area (Å²) in [6.07, 6.45) is 0. The molecule has 0 bridgehead atoms. The molecule has 0 spiro atoms. The number of hydrogen-bond acceptors (Lipinski definition) is 3.